The summed E-state index contributed by atoms with van der Waals surface area (Å²) in [5.74, 6) is 1.45. The largest absolute Gasteiger partial charge is 0.339 e. The predicted molar refractivity (Wildman–Crippen MR) is 81.6 cm³/mol. The molecule has 1 aliphatic rings. The average Bonchev–Trinajstić information content (AvgIpc) is 2.95. The van der Waals surface area contributed by atoms with E-state index in [1.54, 1.807) is 11.2 Å². The van der Waals surface area contributed by atoms with Crippen molar-refractivity contribution in [3.63, 3.8) is 0 Å². The van der Waals surface area contributed by atoms with E-state index in [0.29, 0.717) is 24.8 Å². The van der Waals surface area contributed by atoms with Gasteiger partial charge >= 0.3 is 0 Å². The van der Waals surface area contributed by atoms with E-state index in [0.717, 1.165) is 18.4 Å². The first kappa shape index (κ1) is 15.2. The molecule has 22 heavy (non-hydrogen) atoms. The van der Waals surface area contributed by atoms with Crippen LogP contribution in [0.15, 0.2) is 34.9 Å². The van der Waals surface area contributed by atoms with Crippen LogP contribution in [-0.2, 0) is 15.8 Å². The van der Waals surface area contributed by atoms with Crippen LogP contribution in [0.1, 0.15) is 36.0 Å². The first-order valence-electron chi connectivity index (χ1n) is 7.36. The number of nitrogens with zero attached hydrogens (tertiary/aromatic N) is 3. The lowest BCUT2D eigenvalue weighted by atomic mass is 9.98. The molecule has 0 radical (unpaired) electrons. The molecule has 0 N–H and O–H groups in total. The van der Waals surface area contributed by atoms with Crippen LogP contribution in [0.5, 0.6) is 0 Å². The smallest absolute Gasteiger partial charge is 0.229 e. The summed E-state index contributed by atoms with van der Waals surface area (Å²) >= 11 is 0. The van der Waals surface area contributed by atoms with E-state index in [2.05, 4.69) is 10.1 Å². The normalized spacial score (nSPS) is 17.7. The van der Waals surface area contributed by atoms with Gasteiger partial charge in [-0.15, -0.1) is 0 Å². The lowest BCUT2D eigenvalue weighted by Gasteiger charge is -2.29. The molecule has 0 amide bonds. The van der Waals surface area contributed by atoms with Crippen LogP contribution in [0.3, 0.4) is 0 Å². The summed E-state index contributed by atoms with van der Waals surface area (Å²) in [6, 6.07) is 9.27. The first-order chi connectivity index (χ1) is 10.5. The second kappa shape index (κ2) is 6.18. The summed E-state index contributed by atoms with van der Waals surface area (Å²) in [6.45, 7) is 2.79. The molecule has 0 spiro atoms. The number of rotatable bonds is 4. The van der Waals surface area contributed by atoms with Crippen molar-refractivity contribution in [3.8, 4) is 0 Å². The Balaban J connectivity index is 1.63. The standard InChI is InChI=1S/C15H19N3O3S/c1-12-16-15(21-17-12)14-7-9-18(10-8-14)22(19,20)11-13-5-3-2-4-6-13/h2-6,14H,7-11H2,1H3. The van der Waals surface area contributed by atoms with Gasteiger partial charge in [-0.3, -0.25) is 0 Å². The highest BCUT2D eigenvalue weighted by Gasteiger charge is 2.30. The summed E-state index contributed by atoms with van der Waals surface area (Å²) in [4.78, 5) is 4.24. The Morgan fingerprint density at radius 3 is 2.50 bits per heavy atom. The van der Waals surface area contributed by atoms with E-state index < -0.39 is 10.0 Å². The third-order valence-electron chi connectivity index (χ3n) is 3.93. The van der Waals surface area contributed by atoms with Crippen LogP contribution < -0.4 is 0 Å². The van der Waals surface area contributed by atoms with Crippen LogP contribution >= 0.6 is 0 Å². The SMILES string of the molecule is Cc1noc(C2CCN(S(=O)(=O)Cc3ccccc3)CC2)n1. The van der Waals surface area contributed by atoms with Gasteiger partial charge in [0.1, 0.15) is 0 Å². The van der Waals surface area contributed by atoms with E-state index in [9.17, 15) is 8.42 Å². The Hall–Kier alpha value is -1.73. The van der Waals surface area contributed by atoms with Crippen molar-refractivity contribution in [1.29, 1.82) is 0 Å². The molecule has 0 atom stereocenters. The summed E-state index contributed by atoms with van der Waals surface area (Å²) in [6.07, 6.45) is 1.44. The van der Waals surface area contributed by atoms with E-state index >= 15 is 0 Å². The first-order valence-corrected chi connectivity index (χ1v) is 8.97. The minimum atomic E-state index is -3.27. The molecule has 6 nitrogen and oxygen atoms in total. The maximum absolute atomic E-state index is 12.5. The highest BCUT2D eigenvalue weighted by atomic mass is 32.2. The van der Waals surface area contributed by atoms with Gasteiger partial charge in [-0.25, -0.2) is 12.7 Å². The van der Waals surface area contributed by atoms with Gasteiger partial charge in [0, 0.05) is 19.0 Å². The molecule has 1 aromatic carbocycles. The molecule has 0 unspecified atom stereocenters. The fourth-order valence-electron chi connectivity index (χ4n) is 2.74. The van der Waals surface area contributed by atoms with Gasteiger partial charge in [-0.1, -0.05) is 35.5 Å². The van der Waals surface area contributed by atoms with E-state index in [1.165, 1.54) is 0 Å². The minimum absolute atomic E-state index is 0.0537. The zero-order valence-electron chi connectivity index (χ0n) is 12.5. The quantitative estimate of drug-likeness (QED) is 0.862. The number of aromatic nitrogens is 2. The topological polar surface area (TPSA) is 76.3 Å². The fraction of sp³-hybridized carbons (Fsp3) is 0.467. The molecule has 0 bridgehead atoms. The van der Waals surface area contributed by atoms with Gasteiger partial charge in [-0.05, 0) is 25.3 Å². The number of benzene rings is 1. The Morgan fingerprint density at radius 1 is 1.23 bits per heavy atom. The van der Waals surface area contributed by atoms with Gasteiger partial charge in [0.2, 0.25) is 15.9 Å². The van der Waals surface area contributed by atoms with E-state index in [-0.39, 0.29) is 11.7 Å². The number of aryl methyl sites for hydroxylation is 1. The molecule has 7 heteroatoms. The third kappa shape index (κ3) is 3.36. The van der Waals surface area contributed by atoms with Gasteiger partial charge < -0.3 is 4.52 Å². The number of sulfonamides is 1. The van der Waals surface area contributed by atoms with Crippen LogP contribution in [0.4, 0.5) is 0 Å². The van der Waals surface area contributed by atoms with Crippen molar-refractivity contribution < 1.29 is 12.9 Å². The summed E-state index contributed by atoms with van der Waals surface area (Å²) in [7, 11) is -3.27. The highest BCUT2D eigenvalue weighted by Crippen LogP contribution is 2.28. The second-order valence-electron chi connectivity index (χ2n) is 5.59. The van der Waals surface area contributed by atoms with Crippen molar-refractivity contribution in [2.45, 2.75) is 31.4 Å². The average molecular weight is 321 g/mol. The molecule has 1 aliphatic heterocycles. The second-order valence-corrected chi connectivity index (χ2v) is 7.56. The van der Waals surface area contributed by atoms with Crippen molar-refractivity contribution >= 4 is 10.0 Å². The molecule has 2 heterocycles. The van der Waals surface area contributed by atoms with Gasteiger partial charge in [0.05, 0.1) is 5.75 Å². The molecular weight excluding hydrogens is 302 g/mol. The summed E-state index contributed by atoms with van der Waals surface area (Å²) < 4.78 is 31.7. The van der Waals surface area contributed by atoms with Gasteiger partial charge in [0.15, 0.2) is 5.82 Å². The number of hydrogen-bond donors (Lipinski definition) is 0. The van der Waals surface area contributed by atoms with E-state index in [4.69, 9.17) is 4.52 Å². The number of hydrogen-bond acceptors (Lipinski definition) is 5. The van der Waals surface area contributed by atoms with Crippen LogP contribution in [0, 0.1) is 6.92 Å². The number of piperidine rings is 1. The Labute approximate surface area is 130 Å². The monoisotopic (exact) mass is 321 g/mol. The summed E-state index contributed by atoms with van der Waals surface area (Å²) in [5.41, 5.74) is 0.817. The minimum Gasteiger partial charge on any atom is -0.339 e. The van der Waals surface area contributed by atoms with Crippen LogP contribution in [-0.4, -0.2) is 36.0 Å². The fourth-order valence-corrected chi connectivity index (χ4v) is 4.30. The van der Waals surface area contributed by atoms with Crippen molar-refractivity contribution in [2.75, 3.05) is 13.1 Å². The Morgan fingerprint density at radius 2 is 1.91 bits per heavy atom. The predicted octanol–water partition coefficient (Wildman–Crippen LogP) is 2.09. The molecule has 118 valence electrons. The maximum atomic E-state index is 12.5. The molecule has 1 saturated heterocycles. The zero-order valence-corrected chi connectivity index (χ0v) is 13.3. The zero-order chi connectivity index (χ0) is 15.6. The molecule has 1 fully saturated rings. The van der Waals surface area contributed by atoms with Crippen LogP contribution in [0.25, 0.3) is 0 Å². The molecule has 0 aliphatic carbocycles. The Bertz CT molecular complexity index is 720. The Kier molecular flexibility index (Phi) is 4.26. The molecule has 1 aromatic heterocycles. The molecule has 2 aromatic rings. The molecule has 3 rings (SSSR count). The van der Waals surface area contributed by atoms with Gasteiger partial charge in [0.25, 0.3) is 0 Å². The van der Waals surface area contributed by atoms with Crippen molar-refractivity contribution in [3.05, 3.63) is 47.6 Å². The van der Waals surface area contributed by atoms with Crippen molar-refractivity contribution in [1.82, 2.24) is 14.4 Å². The lowest BCUT2D eigenvalue weighted by molar-refractivity contribution is 0.270. The summed E-state index contributed by atoms with van der Waals surface area (Å²) in [5, 5.41) is 3.80. The lowest BCUT2D eigenvalue weighted by Crippen LogP contribution is -2.38. The molecular formula is C15H19N3O3S. The van der Waals surface area contributed by atoms with Crippen LogP contribution in [0.2, 0.25) is 0 Å². The van der Waals surface area contributed by atoms with Crippen molar-refractivity contribution in [2.24, 2.45) is 0 Å². The third-order valence-corrected chi connectivity index (χ3v) is 5.78. The molecule has 0 saturated carbocycles. The maximum Gasteiger partial charge on any atom is 0.229 e. The highest BCUT2D eigenvalue weighted by molar-refractivity contribution is 7.88. The van der Waals surface area contributed by atoms with E-state index in [1.807, 2.05) is 30.3 Å². The van der Waals surface area contributed by atoms with Gasteiger partial charge in [-0.2, -0.15) is 4.98 Å².